The molecule has 0 heterocycles. The summed E-state index contributed by atoms with van der Waals surface area (Å²) in [6.07, 6.45) is 8.05. The Morgan fingerprint density at radius 1 is 1.16 bits per heavy atom. The molecule has 0 saturated heterocycles. The predicted octanol–water partition coefficient (Wildman–Crippen LogP) is 4.39. The van der Waals surface area contributed by atoms with Gasteiger partial charge in [-0.3, -0.25) is 0 Å². The van der Waals surface area contributed by atoms with E-state index in [1.54, 1.807) is 0 Å². The van der Waals surface area contributed by atoms with Crippen LogP contribution < -0.4 is 5.32 Å². The zero-order valence-electron chi connectivity index (χ0n) is 13.8. The summed E-state index contributed by atoms with van der Waals surface area (Å²) in [6, 6.07) is 0. The van der Waals surface area contributed by atoms with Crippen LogP contribution in [0.2, 0.25) is 0 Å². The third-order valence-corrected chi connectivity index (χ3v) is 4.84. The van der Waals surface area contributed by atoms with E-state index in [4.69, 9.17) is 4.74 Å². The summed E-state index contributed by atoms with van der Waals surface area (Å²) in [5.74, 6) is 1.53. The van der Waals surface area contributed by atoms with Crippen LogP contribution in [-0.2, 0) is 4.74 Å². The van der Waals surface area contributed by atoms with E-state index < -0.39 is 0 Å². The highest BCUT2D eigenvalue weighted by atomic mass is 16.5. The number of nitrogens with one attached hydrogen (secondary N) is 1. The Hall–Kier alpha value is -0.0800. The van der Waals surface area contributed by atoms with Gasteiger partial charge in [-0.15, -0.1) is 0 Å². The molecule has 0 amide bonds. The summed E-state index contributed by atoms with van der Waals surface area (Å²) in [5, 5.41) is 3.60. The molecule has 0 aromatic rings. The van der Waals surface area contributed by atoms with E-state index in [2.05, 4.69) is 39.9 Å². The Morgan fingerprint density at radius 3 is 2.26 bits per heavy atom. The van der Waals surface area contributed by atoms with Crippen molar-refractivity contribution in [1.82, 2.24) is 5.32 Å². The SMILES string of the molecule is CCCNCC1(OC(C)C(C)C)CCC(CC)CC1. The van der Waals surface area contributed by atoms with Crippen molar-refractivity contribution in [2.75, 3.05) is 13.1 Å². The normalized spacial score (nSPS) is 29.7. The van der Waals surface area contributed by atoms with Gasteiger partial charge < -0.3 is 10.1 Å². The highest BCUT2D eigenvalue weighted by molar-refractivity contribution is 4.90. The Morgan fingerprint density at radius 2 is 1.79 bits per heavy atom. The highest BCUT2D eigenvalue weighted by Gasteiger charge is 2.37. The summed E-state index contributed by atoms with van der Waals surface area (Å²) < 4.78 is 6.52. The van der Waals surface area contributed by atoms with Gasteiger partial charge in [0.05, 0.1) is 11.7 Å². The van der Waals surface area contributed by atoms with Gasteiger partial charge in [0.1, 0.15) is 0 Å². The smallest absolute Gasteiger partial charge is 0.0810 e. The lowest BCUT2D eigenvalue weighted by Gasteiger charge is -2.42. The van der Waals surface area contributed by atoms with Gasteiger partial charge >= 0.3 is 0 Å². The monoisotopic (exact) mass is 269 g/mol. The molecule has 1 unspecified atom stereocenters. The van der Waals surface area contributed by atoms with Gasteiger partial charge in [-0.25, -0.2) is 0 Å². The molecule has 1 aliphatic carbocycles. The van der Waals surface area contributed by atoms with Gasteiger partial charge in [-0.2, -0.15) is 0 Å². The third-order valence-electron chi connectivity index (χ3n) is 4.84. The molecule has 1 atom stereocenters. The van der Waals surface area contributed by atoms with Gasteiger partial charge in [0.25, 0.3) is 0 Å². The van der Waals surface area contributed by atoms with Crippen LogP contribution in [0.15, 0.2) is 0 Å². The molecular weight excluding hydrogens is 234 g/mol. The average molecular weight is 269 g/mol. The van der Waals surface area contributed by atoms with Crippen molar-refractivity contribution < 1.29 is 4.74 Å². The molecule has 1 N–H and O–H groups in total. The molecule has 0 aromatic heterocycles. The topological polar surface area (TPSA) is 21.3 Å². The number of hydrogen-bond acceptors (Lipinski definition) is 2. The van der Waals surface area contributed by atoms with Crippen LogP contribution in [0, 0.1) is 11.8 Å². The molecule has 19 heavy (non-hydrogen) atoms. The minimum atomic E-state index is 0.102. The van der Waals surface area contributed by atoms with Gasteiger partial charge in [-0.1, -0.05) is 34.1 Å². The Balaban J connectivity index is 2.57. The predicted molar refractivity (Wildman–Crippen MR) is 83.5 cm³/mol. The van der Waals surface area contributed by atoms with Crippen molar-refractivity contribution in [2.24, 2.45) is 11.8 Å². The van der Waals surface area contributed by atoms with E-state index in [9.17, 15) is 0 Å². The third kappa shape index (κ3) is 5.43. The van der Waals surface area contributed by atoms with Crippen molar-refractivity contribution in [1.29, 1.82) is 0 Å². The first kappa shape index (κ1) is 17.0. The van der Waals surface area contributed by atoms with Gasteiger partial charge in [0.2, 0.25) is 0 Å². The maximum atomic E-state index is 6.52. The molecule has 1 saturated carbocycles. The van der Waals surface area contributed by atoms with Crippen molar-refractivity contribution >= 4 is 0 Å². The minimum absolute atomic E-state index is 0.102. The average Bonchev–Trinajstić information content (AvgIpc) is 2.40. The van der Waals surface area contributed by atoms with Gasteiger partial charge in [0.15, 0.2) is 0 Å². The molecule has 0 aromatic carbocycles. The lowest BCUT2D eigenvalue weighted by molar-refractivity contribution is -0.125. The van der Waals surface area contributed by atoms with E-state index in [0.717, 1.165) is 19.0 Å². The summed E-state index contributed by atoms with van der Waals surface area (Å²) in [4.78, 5) is 0. The lowest BCUT2D eigenvalue weighted by Crippen LogP contribution is -2.48. The summed E-state index contributed by atoms with van der Waals surface area (Å²) in [6.45, 7) is 13.5. The van der Waals surface area contributed by atoms with E-state index in [0.29, 0.717) is 12.0 Å². The van der Waals surface area contributed by atoms with E-state index in [1.165, 1.54) is 38.5 Å². The van der Waals surface area contributed by atoms with Crippen molar-refractivity contribution in [3.63, 3.8) is 0 Å². The molecule has 2 heteroatoms. The molecule has 114 valence electrons. The first-order chi connectivity index (χ1) is 9.03. The maximum Gasteiger partial charge on any atom is 0.0810 e. The molecule has 0 spiro atoms. The van der Waals surface area contributed by atoms with Crippen molar-refractivity contribution in [2.45, 2.75) is 84.8 Å². The molecule has 1 rings (SSSR count). The molecule has 0 bridgehead atoms. The highest BCUT2D eigenvalue weighted by Crippen LogP contribution is 2.37. The molecule has 1 fully saturated rings. The second-order valence-electron chi connectivity index (χ2n) is 6.78. The van der Waals surface area contributed by atoms with Crippen LogP contribution >= 0.6 is 0 Å². The Labute approximate surface area is 120 Å². The summed E-state index contributed by atoms with van der Waals surface area (Å²) in [5.41, 5.74) is 0.102. The van der Waals surface area contributed by atoms with Crippen LogP contribution in [0.4, 0.5) is 0 Å². The lowest BCUT2D eigenvalue weighted by atomic mass is 9.77. The molecule has 0 aliphatic heterocycles. The minimum Gasteiger partial charge on any atom is -0.370 e. The number of hydrogen-bond donors (Lipinski definition) is 1. The fourth-order valence-corrected chi connectivity index (χ4v) is 2.97. The Kier molecular flexibility index (Phi) is 7.38. The fourth-order valence-electron chi connectivity index (χ4n) is 2.97. The zero-order chi connectivity index (χ0) is 14.3. The molecule has 0 radical (unpaired) electrons. The summed E-state index contributed by atoms with van der Waals surface area (Å²) in [7, 11) is 0. The van der Waals surface area contributed by atoms with Crippen LogP contribution in [0.25, 0.3) is 0 Å². The van der Waals surface area contributed by atoms with E-state index >= 15 is 0 Å². The van der Waals surface area contributed by atoms with Crippen LogP contribution in [0.5, 0.6) is 0 Å². The second kappa shape index (κ2) is 8.26. The van der Waals surface area contributed by atoms with Crippen LogP contribution in [0.3, 0.4) is 0 Å². The molecule has 2 nitrogen and oxygen atoms in total. The first-order valence-electron chi connectivity index (χ1n) is 8.41. The fraction of sp³-hybridized carbons (Fsp3) is 1.00. The van der Waals surface area contributed by atoms with Crippen molar-refractivity contribution in [3.8, 4) is 0 Å². The van der Waals surface area contributed by atoms with E-state index in [1.807, 2.05) is 0 Å². The van der Waals surface area contributed by atoms with Gasteiger partial charge in [-0.05, 0) is 57.4 Å². The quantitative estimate of drug-likeness (QED) is 0.660. The maximum absolute atomic E-state index is 6.52. The van der Waals surface area contributed by atoms with Crippen LogP contribution in [0.1, 0.15) is 73.1 Å². The molecular formula is C17H35NO. The second-order valence-corrected chi connectivity index (χ2v) is 6.78. The Bertz CT molecular complexity index is 226. The number of rotatable bonds is 8. The van der Waals surface area contributed by atoms with Crippen LogP contribution in [-0.4, -0.2) is 24.8 Å². The zero-order valence-corrected chi connectivity index (χ0v) is 13.8. The number of ether oxygens (including phenoxy) is 1. The van der Waals surface area contributed by atoms with E-state index in [-0.39, 0.29) is 5.60 Å². The molecule has 1 aliphatic rings. The standard InChI is InChI=1S/C17H35NO/c1-6-12-18-13-17(19-15(5)14(3)4)10-8-16(7-2)9-11-17/h14-16,18H,6-13H2,1-5H3. The summed E-state index contributed by atoms with van der Waals surface area (Å²) >= 11 is 0. The first-order valence-corrected chi connectivity index (χ1v) is 8.41. The largest absolute Gasteiger partial charge is 0.370 e. The van der Waals surface area contributed by atoms with Crippen molar-refractivity contribution in [3.05, 3.63) is 0 Å². The van der Waals surface area contributed by atoms with Gasteiger partial charge in [0, 0.05) is 6.54 Å².